The fourth-order valence-electron chi connectivity index (χ4n) is 4.04. The molecule has 0 aliphatic carbocycles. The molecule has 0 bridgehead atoms. The van der Waals surface area contributed by atoms with Crippen molar-refractivity contribution in [1.82, 2.24) is 13.8 Å². The first kappa shape index (κ1) is 24.2. The van der Waals surface area contributed by atoms with Crippen LogP contribution >= 0.6 is 11.3 Å². The number of carbonyl (C=O) groups excluding carboxylic acids is 1. The third-order valence-corrected chi connectivity index (χ3v) is 8.69. The highest BCUT2D eigenvalue weighted by Crippen LogP contribution is 2.26. The second-order valence-corrected chi connectivity index (χ2v) is 10.9. The standard InChI is InChI=1S/C23H27N3O6S2/c1-4-7-26-20-6-5-19(15-21(20)33-23(26)28)34(29,30)25-10-8-24(9-11-25)22(27)16-12-17(31-2)14-18(13-16)32-3/h5-6,12-15H,4,7-11H2,1-3H3. The van der Waals surface area contributed by atoms with Gasteiger partial charge in [-0.3, -0.25) is 14.2 Å². The minimum absolute atomic E-state index is 0.0901. The highest BCUT2D eigenvalue weighted by molar-refractivity contribution is 7.89. The van der Waals surface area contributed by atoms with E-state index in [0.717, 1.165) is 23.3 Å². The monoisotopic (exact) mass is 505 g/mol. The van der Waals surface area contributed by atoms with Crippen LogP contribution in [0.3, 0.4) is 0 Å². The summed E-state index contributed by atoms with van der Waals surface area (Å²) < 4.78 is 40.7. The van der Waals surface area contributed by atoms with Crippen molar-refractivity contribution in [2.45, 2.75) is 24.8 Å². The molecule has 11 heteroatoms. The Morgan fingerprint density at radius 3 is 2.24 bits per heavy atom. The molecule has 1 amide bonds. The number of thiazole rings is 1. The lowest BCUT2D eigenvalue weighted by Gasteiger charge is -2.34. The molecular weight excluding hydrogens is 478 g/mol. The number of nitrogens with zero attached hydrogens (tertiary/aromatic N) is 3. The van der Waals surface area contributed by atoms with Crippen LogP contribution in [0.15, 0.2) is 46.1 Å². The molecule has 1 aliphatic rings. The largest absolute Gasteiger partial charge is 0.497 e. The van der Waals surface area contributed by atoms with Gasteiger partial charge in [-0.15, -0.1) is 0 Å². The number of benzene rings is 2. The third kappa shape index (κ3) is 4.55. The lowest BCUT2D eigenvalue weighted by Crippen LogP contribution is -2.50. The molecule has 3 aromatic rings. The van der Waals surface area contributed by atoms with Gasteiger partial charge in [-0.05, 0) is 36.8 Å². The van der Waals surface area contributed by atoms with E-state index in [-0.39, 0.29) is 41.9 Å². The minimum atomic E-state index is -3.75. The molecule has 1 fully saturated rings. The second-order valence-electron chi connectivity index (χ2n) is 7.95. The summed E-state index contributed by atoms with van der Waals surface area (Å²) in [6, 6.07) is 9.79. The van der Waals surface area contributed by atoms with Crippen LogP contribution in [-0.2, 0) is 16.6 Å². The normalized spacial score (nSPS) is 15.0. The van der Waals surface area contributed by atoms with Gasteiger partial charge in [0.15, 0.2) is 0 Å². The lowest BCUT2D eigenvalue weighted by molar-refractivity contribution is 0.0697. The lowest BCUT2D eigenvalue weighted by atomic mass is 10.1. The predicted molar refractivity (Wildman–Crippen MR) is 131 cm³/mol. The van der Waals surface area contributed by atoms with Crippen LogP contribution in [0.25, 0.3) is 10.2 Å². The molecule has 1 aliphatic heterocycles. The van der Waals surface area contributed by atoms with Gasteiger partial charge in [0.1, 0.15) is 11.5 Å². The van der Waals surface area contributed by atoms with Gasteiger partial charge in [-0.25, -0.2) is 8.42 Å². The molecule has 9 nitrogen and oxygen atoms in total. The number of hydrogen-bond donors (Lipinski definition) is 0. The maximum atomic E-state index is 13.3. The summed E-state index contributed by atoms with van der Waals surface area (Å²) >= 11 is 1.05. The number of amides is 1. The van der Waals surface area contributed by atoms with Crippen molar-refractivity contribution in [3.05, 3.63) is 51.6 Å². The molecule has 2 aromatic carbocycles. The topological polar surface area (TPSA) is 98.2 Å². The molecule has 2 heterocycles. The van der Waals surface area contributed by atoms with Crippen LogP contribution < -0.4 is 14.3 Å². The van der Waals surface area contributed by atoms with Crippen molar-refractivity contribution in [2.75, 3.05) is 40.4 Å². The smallest absolute Gasteiger partial charge is 0.308 e. The molecule has 1 aromatic heterocycles. The highest BCUT2D eigenvalue weighted by Gasteiger charge is 2.31. The van der Waals surface area contributed by atoms with Crippen molar-refractivity contribution in [3.8, 4) is 11.5 Å². The highest BCUT2D eigenvalue weighted by atomic mass is 32.2. The fourth-order valence-corrected chi connectivity index (χ4v) is 6.52. The van der Waals surface area contributed by atoms with E-state index >= 15 is 0 Å². The summed E-state index contributed by atoms with van der Waals surface area (Å²) in [5, 5.41) is 0. The summed E-state index contributed by atoms with van der Waals surface area (Å²) in [6.45, 7) is 3.48. The van der Waals surface area contributed by atoms with Gasteiger partial charge < -0.3 is 14.4 Å². The van der Waals surface area contributed by atoms with Gasteiger partial charge in [0, 0.05) is 44.4 Å². The van der Waals surface area contributed by atoms with Crippen molar-refractivity contribution >= 4 is 37.5 Å². The van der Waals surface area contributed by atoms with Gasteiger partial charge in [-0.1, -0.05) is 18.3 Å². The number of hydrogen-bond acceptors (Lipinski definition) is 7. The van der Waals surface area contributed by atoms with Crippen molar-refractivity contribution in [2.24, 2.45) is 0 Å². The Hall–Kier alpha value is -2.89. The molecule has 34 heavy (non-hydrogen) atoms. The molecule has 0 N–H and O–H groups in total. The predicted octanol–water partition coefficient (Wildman–Crippen LogP) is 2.64. The molecule has 4 rings (SSSR count). The number of rotatable bonds is 7. The van der Waals surface area contributed by atoms with Crippen LogP contribution in [0, 0.1) is 0 Å². The van der Waals surface area contributed by atoms with E-state index in [1.54, 1.807) is 45.9 Å². The molecule has 0 unspecified atom stereocenters. The first-order chi connectivity index (χ1) is 16.3. The quantitative estimate of drug-likeness (QED) is 0.490. The summed E-state index contributed by atoms with van der Waals surface area (Å²) in [4.78, 5) is 27.0. The molecule has 1 saturated heterocycles. The number of carbonyl (C=O) groups is 1. The number of piperazine rings is 1. The summed E-state index contributed by atoms with van der Waals surface area (Å²) in [6.07, 6.45) is 0.817. The fraction of sp³-hybridized carbons (Fsp3) is 0.391. The zero-order valence-corrected chi connectivity index (χ0v) is 20.9. The third-order valence-electron chi connectivity index (χ3n) is 5.85. The first-order valence-electron chi connectivity index (χ1n) is 10.9. The Bertz CT molecular complexity index is 1350. The number of methoxy groups -OCH3 is 2. The minimum Gasteiger partial charge on any atom is -0.497 e. The molecule has 0 spiro atoms. The molecule has 0 saturated carbocycles. The number of fused-ring (bicyclic) bond motifs is 1. The zero-order valence-electron chi connectivity index (χ0n) is 19.3. The van der Waals surface area contributed by atoms with Crippen LogP contribution in [0.5, 0.6) is 11.5 Å². The average Bonchev–Trinajstić information content (AvgIpc) is 3.17. The van der Waals surface area contributed by atoms with Gasteiger partial charge >= 0.3 is 4.87 Å². The second kappa shape index (κ2) is 9.77. The average molecular weight is 506 g/mol. The Labute approximate surface area is 202 Å². The van der Waals surface area contributed by atoms with E-state index in [4.69, 9.17) is 9.47 Å². The number of sulfonamides is 1. The SMILES string of the molecule is CCCn1c(=O)sc2cc(S(=O)(=O)N3CCN(C(=O)c4cc(OC)cc(OC)c4)CC3)ccc21. The van der Waals surface area contributed by atoms with Crippen molar-refractivity contribution in [3.63, 3.8) is 0 Å². The van der Waals surface area contributed by atoms with Crippen LogP contribution in [0.1, 0.15) is 23.7 Å². The van der Waals surface area contributed by atoms with Gasteiger partial charge in [-0.2, -0.15) is 4.31 Å². The van der Waals surface area contributed by atoms with Crippen LogP contribution in [-0.4, -0.2) is 68.5 Å². The van der Waals surface area contributed by atoms with E-state index in [2.05, 4.69) is 0 Å². The van der Waals surface area contributed by atoms with E-state index in [9.17, 15) is 18.0 Å². The van der Waals surface area contributed by atoms with Crippen LogP contribution in [0.4, 0.5) is 0 Å². The summed E-state index contributed by atoms with van der Waals surface area (Å²) in [5.74, 6) is 0.807. The van der Waals surface area contributed by atoms with Gasteiger partial charge in [0.2, 0.25) is 10.0 Å². The Morgan fingerprint density at radius 1 is 1.00 bits per heavy atom. The van der Waals surface area contributed by atoms with E-state index in [1.165, 1.54) is 18.5 Å². The summed E-state index contributed by atoms with van der Waals surface area (Å²) in [5.41, 5.74) is 1.17. The maximum Gasteiger partial charge on any atom is 0.308 e. The molecular formula is C23H27N3O6S2. The zero-order chi connectivity index (χ0) is 24.5. The van der Waals surface area contributed by atoms with Crippen molar-refractivity contribution in [1.29, 1.82) is 0 Å². The Morgan fingerprint density at radius 2 is 1.65 bits per heavy atom. The van der Waals surface area contributed by atoms with E-state index in [0.29, 0.717) is 28.3 Å². The Balaban J connectivity index is 1.50. The number of aryl methyl sites for hydroxylation is 1. The van der Waals surface area contributed by atoms with E-state index < -0.39 is 10.0 Å². The molecule has 182 valence electrons. The number of aromatic nitrogens is 1. The van der Waals surface area contributed by atoms with E-state index in [1.807, 2.05) is 6.92 Å². The summed E-state index contributed by atoms with van der Waals surface area (Å²) in [7, 11) is -0.723. The van der Waals surface area contributed by atoms with Crippen molar-refractivity contribution < 1.29 is 22.7 Å². The first-order valence-corrected chi connectivity index (χ1v) is 13.2. The van der Waals surface area contributed by atoms with Crippen LogP contribution in [0.2, 0.25) is 0 Å². The van der Waals surface area contributed by atoms with Gasteiger partial charge in [0.25, 0.3) is 5.91 Å². The number of ether oxygens (including phenoxy) is 2. The molecule has 0 radical (unpaired) electrons. The van der Waals surface area contributed by atoms with Gasteiger partial charge in [0.05, 0.1) is 29.3 Å². The molecule has 0 atom stereocenters. The maximum absolute atomic E-state index is 13.3. The Kier molecular flexibility index (Phi) is 6.96.